The van der Waals surface area contributed by atoms with E-state index in [-0.39, 0.29) is 17.2 Å². The van der Waals surface area contributed by atoms with Crippen LogP contribution in [0, 0.1) is 5.92 Å². The quantitative estimate of drug-likeness (QED) is 0.795. The summed E-state index contributed by atoms with van der Waals surface area (Å²) < 4.78 is 35.7. The van der Waals surface area contributed by atoms with Gasteiger partial charge in [-0.2, -0.15) is 5.10 Å². The van der Waals surface area contributed by atoms with Gasteiger partial charge in [0.05, 0.1) is 24.6 Å². The molecule has 0 saturated heterocycles. The normalized spacial score (nSPS) is 24.3. The minimum Gasteiger partial charge on any atom is -0.464 e. The van der Waals surface area contributed by atoms with E-state index in [4.69, 9.17) is 0 Å². The molecule has 0 spiro atoms. The topological polar surface area (TPSA) is 69.9 Å². The summed E-state index contributed by atoms with van der Waals surface area (Å²) in [5, 5.41) is 4.09. The number of esters is 1. The van der Waals surface area contributed by atoms with E-state index in [1.165, 1.54) is 23.3 Å². The zero-order chi connectivity index (χ0) is 16.2. The van der Waals surface area contributed by atoms with Crippen molar-refractivity contribution in [3.05, 3.63) is 35.5 Å². The molecule has 0 radical (unpaired) electrons. The zero-order valence-electron chi connectivity index (χ0n) is 12.4. The van der Waals surface area contributed by atoms with E-state index >= 15 is 0 Å². The van der Waals surface area contributed by atoms with E-state index in [9.17, 15) is 13.6 Å². The van der Waals surface area contributed by atoms with Crippen molar-refractivity contribution in [3.63, 3.8) is 0 Å². The van der Waals surface area contributed by atoms with E-state index < -0.39 is 17.8 Å². The van der Waals surface area contributed by atoms with E-state index in [2.05, 4.69) is 19.8 Å². The van der Waals surface area contributed by atoms with Crippen LogP contribution in [-0.4, -0.2) is 32.8 Å². The molecule has 2 aromatic heterocycles. The van der Waals surface area contributed by atoms with E-state index in [1.807, 2.05) is 0 Å². The standard InChI is InChI=1S/C15H14F2N4O2/c1-23-14(22)12-11-13(8-3-2-4-9(8)15(11,16)17)21(20-12)10-7-18-5-6-19-10/h5-9H,2-4H2,1H3. The lowest BCUT2D eigenvalue weighted by atomic mass is 9.96. The van der Waals surface area contributed by atoms with E-state index in [1.54, 1.807) is 0 Å². The summed E-state index contributed by atoms with van der Waals surface area (Å²) in [5.74, 6) is -4.74. The Morgan fingerprint density at radius 1 is 1.39 bits per heavy atom. The summed E-state index contributed by atoms with van der Waals surface area (Å²) in [7, 11) is 1.16. The summed E-state index contributed by atoms with van der Waals surface area (Å²) in [5.41, 5.74) is -0.254. The van der Waals surface area contributed by atoms with Gasteiger partial charge in [-0.3, -0.25) is 4.98 Å². The Morgan fingerprint density at radius 3 is 2.91 bits per heavy atom. The molecule has 0 amide bonds. The lowest BCUT2D eigenvalue weighted by Crippen LogP contribution is -2.23. The number of fused-ring (bicyclic) bond motifs is 3. The maximum atomic E-state index is 14.9. The summed E-state index contributed by atoms with van der Waals surface area (Å²) >= 11 is 0. The van der Waals surface area contributed by atoms with Crippen LogP contribution in [0.4, 0.5) is 8.78 Å². The van der Waals surface area contributed by atoms with Gasteiger partial charge in [0.2, 0.25) is 0 Å². The molecule has 120 valence electrons. The van der Waals surface area contributed by atoms with Gasteiger partial charge in [0.15, 0.2) is 11.5 Å². The number of alkyl halides is 2. The zero-order valence-corrected chi connectivity index (χ0v) is 12.4. The fraction of sp³-hybridized carbons (Fsp3) is 0.467. The van der Waals surface area contributed by atoms with Crippen LogP contribution in [-0.2, 0) is 10.7 Å². The average molecular weight is 320 g/mol. The molecule has 0 aliphatic heterocycles. The van der Waals surface area contributed by atoms with Crippen LogP contribution in [0.15, 0.2) is 18.6 Å². The second kappa shape index (κ2) is 4.81. The van der Waals surface area contributed by atoms with Crippen LogP contribution in [0.3, 0.4) is 0 Å². The second-order valence-electron chi connectivity index (χ2n) is 5.84. The Hall–Kier alpha value is -2.38. The molecule has 2 aliphatic carbocycles. The van der Waals surface area contributed by atoms with Gasteiger partial charge < -0.3 is 4.74 Å². The van der Waals surface area contributed by atoms with Crippen molar-refractivity contribution in [2.24, 2.45) is 5.92 Å². The lowest BCUT2D eigenvalue weighted by molar-refractivity contribution is -0.0556. The highest BCUT2D eigenvalue weighted by Crippen LogP contribution is 2.60. The Kier molecular flexibility index (Phi) is 2.97. The summed E-state index contributed by atoms with van der Waals surface area (Å²) in [6.07, 6.45) is 6.22. The second-order valence-corrected chi connectivity index (χ2v) is 5.84. The monoisotopic (exact) mass is 320 g/mol. The van der Waals surface area contributed by atoms with Gasteiger partial charge in [-0.25, -0.2) is 23.2 Å². The summed E-state index contributed by atoms with van der Waals surface area (Å²) in [6, 6.07) is 0. The highest BCUT2D eigenvalue weighted by atomic mass is 19.3. The molecular formula is C15H14F2N4O2. The first-order valence-electron chi connectivity index (χ1n) is 7.41. The number of carbonyl (C=O) groups is 1. The van der Waals surface area contributed by atoms with Crippen LogP contribution < -0.4 is 0 Å². The number of nitrogens with zero attached hydrogens (tertiary/aromatic N) is 4. The molecule has 23 heavy (non-hydrogen) atoms. The number of hydrogen-bond donors (Lipinski definition) is 0. The largest absolute Gasteiger partial charge is 0.464 e. The molecule has 0 N–H and O–H groups in total. The predicted molar refractivity (Wildman–Crippen MR) is 74.5 cm³/mol. The summed E-state index contributed by atoms with van der Waals surface area (Å²) in [4.78, 5) is 20.0. The Bertz CT molecular complexity index is 775. The first kappa shape index (κ1) is 14.2. The third kappa shape index (κ3) is 1.83. The van der Waals surface area contributed by atoms with Gasteiger partial charge >= 0.3 is 5.97 Å². The summed E-state index contributed by atoms with van der Waals surface area (Å²) in [6.45, 7) is 0. The smallest absolute Gasteiger partial charge is 0.359 e. The van der Waals surface area contributed by atoms with Crippen molar-refractivity contribution in [1.82, 2.24) is 19.7 Å². The van der Waals surface area contributed by atoms with E-state index in [0.29, 0.717) is 24.4 Å². The molecule has 8 heteroatoms. The number of aromatic nitrogens is 4. The molecule has 2 atom stereocenters. The third-order valence-corrected chi connectivity index (χ3v) is 4.73. The van der Waals surface area contributed by atoms with E-state index in [0.717, 1.165) is 13.5 Å². The molecule has 1 fully saturated rings. The minimum atomic E-state index is -3.08. The molecule has 2 aromatic rings. The van der Waals surface area contributed by atoms with Gasteiger partial charge in [-0.1, -0.05) is 6.42 Å². The predicted octanol–water partition coefficient (Wildman–Crippen LogP) is 2.44. The Labute approximate surface area is 130 Å². The molecule has 6 nitrogen and oxygen atoms in total. The maximum Gasteiger partial charge on any atom is 0.359 e. The highest BCUT2D eigenvalue weighted by Gasteiger charge is 2.60. The molecular weight excluding hydrogens is 306 g/mol. The van der Waals surface area contributed by atoms with Crippen molar-refractivity contribution in [3.8, 4) is 5.82 Å². The lowest BCUT2D eigenvalue weighted by Gasteiger charge is -2.19. The SMILES string of the molecule is COC(=O)c1nn(-c2cnccn2)c2c1C(F)(F)C1CCCC21. The van der Waals surface area contributed by atoms with Crippen LogP contribution in [0.2, 0.25) is 0 Å². The molecule has 0 bridgehead atoms. The van der Waals surface area contributed by atoms with Crippen LogP contribution in [0.1, 0.15) is 46.9 Å². The average Bonchev–Trinajstić information content (AvgIpc) is 3.23. The number of methoxy groups -OCH3 is 1. The number of carbonyl (C=O) groups excluding carboxylic acids is 1. The van der Waals surface area contributed by atoms with Gasteiger partial charge in [0.1, 0.15) is 0 Å². The van der Waals surface area contributed by atoms with Gasteiger partial charge in [0, 0.05) is 24.2 Å². The molecule has 2 heterocycles. The number of halogens is 2. The first-order valence-corrected chi connectivity index (χ1v) is 7.41. The van der Waals surface area contributed by atoms with Crippen molar-refractivity contribution in [1.29, 1.82) is 0 Å². The van der Waals surface area contributed by atoms with Crippen molar-refractivity contribution in [2.45, 2.75) is 31.1 Å². The van der Waals surface area contributed by atoms with Crippen LogP contribution >= 0.6 is 0 Å². The highest BCUT2D eigenvalue weighted by molar-refractivity contribution is 5.90. The first-order chi connectivity index (χ1) is 11.1. The van der Waals surface area contributed by atoms with Crippen molar-refractivity contribution >= 4 is 5.97 Å². The van der Waals surface area contributed by atoms with Gasteiger partial charge in [-0.15, -0.1) is 0 Å². The molecule has 0 aromatic carbocycles. The van der Waals surface area contributed by atoms with Gasteiger partial charge in [-0.05, 0) is 12.8 Å². The number of rotatable bonds is 2. The Morgan fingerprint density at radius 2 is 2.22 bits per heavy atom. The van der Waals surface area contributed by atoms with Crippen LogP contribution in [0.5, 0.6) is 0 Å². The van der Waals surface area contributed by atoms with Crippen molar-refractivity contribution in [2.75, 3.05) is 7.11 Å². The fourth-order valence-corrected chi connectivity index (χ4v) is 3.82. The maximum absolute atomic E-state index is 14.9. The molecule has 1 saturated carbocycles. The third-order valence-electron chi connectivity index (χ3n) is 4.73. The number of hydrogen-bond acceptors (Lipinski definition) is 5. The fourth-order valence-electron chi connectivity index (χ4n) is 3.82. The molecule has 2 aliphatic rings. The molecule has 4 rings (SSSR count). The van der Waals surface area contributed by atoms with Gasteiger partial charge in [0.25, 0.3) is 5.92 Å². The molecule has 2 unspecified atom stereocenters. The Balaban J connectivity index is 1.99. The number of ether oxygens (including phenoxy) is 1. The van der Waals surface area contributed by atoms with Crippen molar-refractivity contribution < 1.29 is 18.3 Å². The minimum absolute atomic E-state index is 0.301. The van der Waals surface area contributed by atoms with Crippen LogP contribution in [0.25, 0.3) is 5.82 Å².